The Hall–Kier alpha value is -1.35. The third-order valence-corrected chi connectivity index (χ3v) is 3.11. The van der Waals surface area contributed by atoms with Crippen molar-refractivity contribution in [2.24, 2.45) is 5.73 Å². The van der Waals surface area contributed by atoms with Gasteiger partial charge < -0.3 is 11.1 Å². The molecule has 3 heteroatoms. The summed E-state index contributed by atoms with van der Waals surface area (Å²) in [7, 11) is 0. The van der Waals surface area contributed by atoms with E-state index in [2.05, 4.69) is 25.2 Å². The van der Waals surface area contributed by atoms with Gasteiger partial charge in [0.25, 0.3) is 0 Å². The Morgan fingerprint density at radius 3 is 2.61 bits per heavy atom. The van der Waals surface area contributed by atoms with Crippen LogP contribution in [0.5, 0.6) is 0 Å². The van der Waals surface area contributed by atoms with Crippen LogP contribution in [0, 0.1) is 6.92 Å². The molecule has 1 atom stereocenters. The molecule has 18 heavy (non-hydrogen) atoms. The Labute approximate surface area is 110 Å². The molecule has 0 aromatic heterocycles. The summed E-state index contributed by atoms with van der Waals surface area (Å²) < 4.78 is 0. The molecule has 0 aliphatic carbocycles. The highest BCUT2D eigenvalue weighted by Gasteiger charge is 2.16. The number of benzene rings is 1. The number of aryl methyl sites for hydroxylation is 1. The lowest BCUT2D eigenvalue weighted by Gasteiger charge is -2.18. The molecule has 0 unspecified atom stereocenters. The van der Waals surface area contributed by atoms with Gasteiger partial charge in [-0.3, -0.25) is 4.79 Å². The van der Waals surface area contributed by atoms with Crippen molar-refractivity contribution in [3.8, 4) is 0 Å². The van der Waals surface area contributed by atoms with Crippen LogP contribution in [-0.2, 0) is 4.79 Å². The smallest absolute Gasteiger partial charge is 0.241 e. The van der Waals surface area contributed by atoms with Crippen LogP contribution in [0.3, 0.4) is 0 Å². The quantitative estimate of drug-likeness (QED) is 0.840. The molecule has 0 heterocycles. The first-order chi connectivity index (χ1) is 8.47. The Morgan fingerprint density at radius 2 is 2.06 bits per heavy atom. The summed E-state index contributed by atoms with van der Waals surface area (Å²) in [6.45, 7) is 8.28. The fourth-order valence-electron chi connectivity index (χ4n) is 2.00. The molecular formula is C15H24N2O. The van der Waals surface area contributed by atoms with Gasteiger partial charge in [-0.2, -0.15) is 0 Å². The molecule has 0 spiro atoms. The van der Waals surface area contributed by atoms with Crippen LogP contribution in [0.1, 0.15) is 50.7 Å². The van der Waals surface area contributed by atoms with E-state index in [1.807, 2.05) is 26.0 Å². The Balaban J connectivity index is 2.93. The van der Waals surface area contributed by atoms with Crippen molar-refractivity contribution in [1.82, 2.24) is 0 Å². The largest absolute Gasteiger partial charge is 0.324 e. The highest BCUT2D eigenvalue weighted by molar-refractivity contribution is 5.96. The minimum absolute atomic E-state index is 0.0898. The molecule has 3 nitrogen and oxygen atoms in total. The van der Waals surface area contributed by atoms with Crippen LogP contribution in [0.2, 0.25) is 0 Å². The maximum absolute atomic E-state index is 12.0. The lowest BCUT2D eigenvalue weighted by Crippen LogP contribution is -2.35. The number of hydrogen-bond acceptors (Lipinski definition) is 2. The number of carbonyl (C=O) groups excluding carboxylic acids is 1. The van der Waals surface area contributed by atoms with E-state index >= 15 is 0 Å². The van der Waals surface area contributed by atoms with Gasteiger partial charge in [-0.05, 0) is 30.4 Å². The Kier molecular flexibility index (Phi) is 5.35. The van der Waals surface area contributed by atoms with Gasteiger partial charge in [0.05, 0.1) is 6.04 Å². The molecular weight excluding hydrogens is 224 g/mol. The molecule has 0 saturated heterocycles. The molecule has 1 aromatic carbocycles. The zero-order valence-electron chi connectivity index (χ0n) is 11.8. The Morgan fingerprint density at radius 1 is 1.39 bits per heavy atom. The molecule has 0 saturated carbocycles. The molecule has 0 bridgehead atoms. The van der Waals surface area contributed by atoms with Crippen molar-refractivity contribution in [1.29, 1.82) is 0 Å². The van der Waals surface area contributed by atoms with Gasteiger partial charge in [0, 0.05) is 5.69 Å². The van der Waals surface area contributed by atoms with Crippen molar-refractivity contribution < 1.29 is 4.79 Å². The van der Waals surface area contributed by atoms with E-state index in [0.717, 1.165) is 23.2 Å². The first-order valence-electron chi connectivity index (χ1n) is 6.63. The second-order valence-corrected chi connectivity index (χ2v) is 5.08. The van der Waals surface area contributed by atoms with Crippen LogP contribution in [-0.4, -0.2) is 11.9 Å². The minimum atomic E-state index is -0.422. The monoisotopic (exact) mass is 248 g/mol. The number of amides is 1. The molecule has 1 rings (SSSR count). The van der Waals surface area contributed by atoms with Gasteiger partial charge in [0.1, 0.15) is 0 Å². The molecule has 1 aromatic rings. The topological polar surface area (TPSA) is 55.1 Å². The molecule has 1 amide bonds. The van der Waals surface area contributed by atoms with Crippen molar-refractivity contribution in [3.63, 3.8) is 0 Å². The summed E-state index contributed by atoms with van der Waals surface area (Å²) in [6.07, 6.45) is 1.63. The average Bonchev–Trinajstić information content (AvgIpc) is 2.31. The summed E-state index contributed by atoms with van der Waals surface area (Å²) in [5.41, 5.74) is 9.00. The number of hydrogen-bond donors (Lipinski definition) is 2. The van der Waals surface area contributed by atoms with E-state index in [9.17, 15) is 4.79 Å². The normalized spacial score (nSPS) is 12.6. The van der Waals surface area contributed by atoms with Gasteiger partial charge in [-0.25, -0.2) is 0 Å². The van der Waals surface area contributed by atoms with E-state index in [1.54, 1.807) is 0 Å². The third kappa shape index (κ3) is 3.57. The summed E-state index contributed by atoms with van der Waals surface area (Å²) in [6, 6.07) is 5.66. The van der Waals surface area contributed by atoms with E-state index in [4.69, 9.17) is 5.73 Å². The van der Waals surface area contributed by atoms with Crippen LogP contribution in [0.15, 0.2) is 18.2 Å². The summed E-state index contributed by atoms with van der Waals surface area (Å²) in [5.74, 6) is 0.288. The summed E-state index contributed by atoms with van der Waals surface area (Å²) in [4.78, 5) is 12.0. The SMILES string of the molecule is CCC[C@@H](N)C(=O)Nc1c(C)cccc1C(C)C. The lowest BCUT2D eigenvalue weighted by atomic mass is 9.98. The third-order valence-electron chi connectivity index (χ3n) is 3.11. The molecule has 0 aliphatic heterocycles. The maximum atomic E-state index is 12.0. The van der Waals surface area contributed by atoms with Gasteiger partial charge in [-0.1, -0.05) is 45.4 Å². The van der Waals surface area contributed by atoms with Crippen molar-refractivity contribution in [3.05, 3.63) is 29.3 Å². The number of anilines is 1. The zero-order chi connectivity index (χ0) is 13.7. The van der Waals surface area contributed by atoms with Crippen LogP contribution < -0.4 is 11.1 Å². The second-order valence-electron chi connectivity index (χ2n) is 5.08. The predicted octanol–water partition coefficient (Wildman–Crippen LogP) is 3.18. The van der Waals surface area contributed by atoms with Gasteiger partial charge in [0.15, 0.2) is 0 Å². The first-order valence-corrected chi connectivity index (χ1v) is 6.63. The average molecular weight is 248 g/mol. The number of nitrogens with two attached hydrogens (primary N) is 1. The standard InChI is InChI=1S/C15H24N2O/c1-5-7-13(16)15(18)17-14-11(4)8-6-9-12(14)10(2)3/h6,8-10,13H,5,7,16H2,1-4H3,(H,17,18)/t13-/m1/s1. The van der Waals surface area contributed by atoms with Gasteiger partial charge >= 0.3 is 0 Å². The first kappa shape index (κ1) is 14.7. The number of carbonyl (C=O) groups is 1. The number of rotatable bonds is 5. The highest BCUT2D eigenvalue weighted by Crippen LogP contribution is 2.27. The molecule has 0 aliphatic rings. The van der Waals surface area contributed by atoms with Crippen LogP contribution in [0.25, 0.3) is 0 Å². The van der Waals surface area contributed by atoms with Crippen LogP contribution in [0.4, 0.5) is 5.69 Å². The highest BCUT2D eigenvalue weighted by atomic mass is 16.2. The van der Waals surface area contributed by atoms with E-state index in [0.29, 0.717) is 12.3 Å². The van der Waals surface area contributed by atoms with Crippen molar-refractivity contribution in [2.75, 3.05) is 5.32 Å². The zero-order valence-corrected chi connectivity index (χ0v) is 11.8. The molecule has 100 valence electrons. The summed E-state index contributed by atoms with van der Waals surface area (Å²) >= 11 is 0. The van der Waals surface area contributed by atoms with E-state index in [1.165, 1.54) is 0 Å². The minimum Gasteiger partial charge on any atom is -0.324 e. The van der Waals surface area contributed by atoms with Crippen molar-refractivity contribution in [2.45, 2.75) is 52.5 Å². The number of para-hydroxylation sites is 1. The van der Waals surface area contributed by atoms with Gasteiger partial charge in [-0.15, -0.1) is 0 Å². The lowest BCUT2D eigenvalue weighted by molar-refractivity contribution is -0.117. The van der Waals surface area contributed by atoms with Crippen LogP contribution >= 0.6 is 0 Å². The summed E-state index contributed by atoms with van der Waals surface area (Å²) in [5, 5.41) is 2.98. The fourth-order valence-corrected chi connectivity index (χ4v) is 2.00. The van der Waals surface area contributed by atoms with Crippen molar-refractivity contribution >= 4 is 11.6 Å². The predicted molar refractivity (Wildman–Crippen MR) is 76.8 cm³/mol. The number of nitrogens with one attached hydrogen (secondary N) is 1. The van der Waals surface area contributed by atoms with E-state index in [-0.39, 0.29) is 5.91 Å². The molecule has 0 radical (unpaired) electrons. The van der Waals surface area contributed by atoms with Gasteiger partial charge in [0.2, 0.25) is 5.91 Å². The second kappa shape index (κ2) is 6.55. The van der Waals surface area contributed by atoms with E-state index < -0.39 is 6.04 Å². The maximum Gasteiger partial charge on any atom is 0.241 e. The molecule has 3 N–H and O–H groups in total. The fraction of sp³-hybridized carbons (Fsp3) is 0.533. The molecule has 0 fully saturated rings. The Bertz CT molecular complexity index is 413.